The number of benzene rings is 1. The van der Waals surface area contributed by atoms with E-state index in [2.05, 4.69) is 19.2 Å². The molecule has 0 aliphatic heterocycles. The molecule has 1 N–H and O–H groups in total. The van der Waals surface area contributed by atoms with Gasteiger partial charge in [0.25, 0.3) is 0 Å². The average Bonchev–Trinajstić information content (AvgIpc) is 2.60. The molecule has 0 aliphatic rings. The van der Waals surface area contributed by atoms with Crippen LogP contribution in [0, 0.1) is 5.92 Å². The van der Waals surface area contributed by atoms with Gasteiger partial charge >= 0.3 is 0 Å². The number of hydrogen-bond acceptors (Lipinski definition) is 3. The SMILES string of the molecule is CC.COc1ccc(CNC(=O)CCCCCC(C)C)cc1OC. The number of ether oxygens (including phenoxy) is 2. The number of methoxy groups -OCH3 is 2. The molecule has 4 nitrogen and oxygen atoms in total. The van der Waals surface area contributed by atoms with Crippen molar-refractivity contribution in [2.45, 2.75) is 66.3 Å². The lowest BCUT2D eigenvalue weighted by Crippen LogP contribution is -2.22. The zero-order chi connectivity index (χ0) is 18.4. The van der Waals surface area contributed by atoms with Gasteiger partial charge in [-0.3, -0.25) is 4.79 Å². The summed E-state index contributed by atoms with van der Waals surface area (Å²) >= 11 is 0. The van der Waals surface area contributed by atoms with Crippen molar-refractivity contribution < 1.29 is 14.3 Å². The lowest BCUT2D eigenvalue weighted by molar-refractivity contribution is -0.121. The van der Waals surface area contributed by atoms with Gasteiger partial charge in [-0.1, -0.05) is 53.0 Å². The van der Waals surface area contributed by atoms with Crippen molar-refractivity contribution in [3.63, 3.8) is 0 Å². The van der Waals surface area contributed by atoms with Gasteiger partial charge in [0.15, 0.2) is 11.5 Å². The van der Waals surface area contributed by atoms with Crippen LogP contribution in [0.15, 0.2) is 18.2 Å². The second kappa shape index (κ2) is 13.7. The molecule has 0 heterocycles. The maximum atomic E-state index is 11.8. The van der Waals surface area contributed by atoms with Crippen molar-refractivity contribution in [1.82, 2.24) is 5.32 Å². The third-order valence-corrected chi connectivity index (χ3v) is 3.62. The molecule has 0 unspecified atom stereocenters. The van der Waals surface area contributed by atoms with Gasteiger partial charge in [-0.2, -0.15) is 0 Å². The second-order valence-corrected chi connectivity index (χ2v) is 5.96. The quantitative estimate of drug-likeness (QED) is 0.614. The molecule has 1 amide bonds. The fraction of sp³-hybridized carbons (Fsp3) is 0.650. The number of nitrogens with one attached hydrogen (secondary N) is 1. The van der Waals surface area contributed by atoms with E-state index in [1.807, 2.05) is 32.0 Å². The Balaban J connectivity index is 0.00000254. The highest BCUT2D eigenvalue weighted by molar-refractivity contribution is 5.75. The molecular weight excluding hydrogens is 302 g/mol. The summed E-state index contributed by atoms with van der Waals surface area (Å²) < 4.78 is 10.5. The van der Waals surface area contributed by atoms with Crippen LogP contribution < -0.4 is 14.8 Å². The van der Waals surface area contributed by atoms with E-state index >= 15 is 0 Å². The fourth-order valence-corrected chi connectivity index (χ4v) is 2.29. The standard InChI is InChI=1S/C18H29NO3.C2H6/c1-14(2)8-6-5-7-9-18(20)19-13-15-10-11-16(21-3)17(12-15)22-4;1-2/h10-12,14H,5-9,13H2,1-4H3,(H,19,20);1-2H3. The first-order valence-corrected chi connectivity index (χ1v) is 9.04. The van der Waals surface area contributed by atoms with Gasteiger partial charge in [0.05, 0.1) is 14.2 Å². The van der Waals surface area contributed by atoms with E-state index in [0.29, 0.717) is 24.5 Å². The number of amides is 1. The monoisotopic (exact) mass is 337 g/mol. The zero-order valence-corrected chi connectivity index (χ0v) is 16.3. The summed E-state index contributed by atoms with van der Waals surface area (Å²) in [5, 5.41) is 2.95. The summed E-state index contributed by atoms with van der Waals surface area (Å²) in [5.74, 6) is 2.24. The summed E-state index contributed by atoms with van der Waals surface area (Å²) in [6, 6.07) is 5.68. The topological polar surface area (TPSA) is 47.6 Å². The minimum Gasteiger partial charge on any atom is -0.493 e. The Morgan fingerprint density at radius 1 is 1.04 bits per heavy atom. The summed E-state index contributed by atoms with van der Waals surface area (Å²) in [6.07, 6.45) is 5.14. The van der Waals surface area contributed by atoms with E-state index in [-0.39, 0.29) is 5.91 Å². The largest absolute Gasteiger partial charge is 0.493 e. The Kier molecular flexibility index (Phi) is 12.7. The summed E-state index contributed by atoms with van der Waals surface area (Å²) in [5.41, 5.74) is 1.01. The number of unbranched alkanes of at least 4 members (excludes halogenated alkanes) is 2. The van der Waals surface area contributed by atoms with E-state index in [1.165, 1.54) is 12.8 Å². The summed E-state index contributed by atoms with van der Waals surface area (Å²) in [4.78, 5) is 11.8. The Hall–Kier alpha value is -1.71. The minimum absolute atomic E-state index is 0.110. The van der Waals surface area contributed by atoms with Gasteiger partial charge in [-0.25, -0.2) is 0 Å². The number of carbonyl (C=O) groups excluding carboxylic acids is 1. The van der Waals surface area contributed by atoms with E-state index < -0.39 is 0 Å². The van der Waals surface area contributed by atoms with Gasteiger partial charge < -0.3 is 14.8 Å². The molecule has 0 aromatic heterocycles. The van der Waals surface area contributed by atoms with E-state index in [9.17, 15) is 4.79 Å². The molecule has 0 radical (unpaired) electrons. The van der Waals surface area contributed by atoms with Gasteiger partial charge in [-0.15, -0.1) is 0 Å². The number of hydrogen-bond donors (Lipinski definition) is 1. The smallest absolute Gasteiger partial charge is 0.220 e. The fourth-order valence-electron chi connectivity index (χ4n) is 2.29. The van der Waals surface area contributed by atoms with Crippen LogP contribution in [0.5, 0.6) is 11.5 Å². The highest BCUT2D eigenvalue weighted by Crippen LogP contribution is 2.27. The van der Waals surface area contributed by atoms with Crippen LogP contribution in [0.2, 0.25) is 0 Å². The highest BCUT2D eigenvalue weighted by atomic mass is 16.5. The first-order valence-electron chi connectivity index (χ1n) is 9.04. The molecular formula is C20H35NO3. The molecule has 0 aliphatic carbocycles. The molecule has 0 spiro atoms. The highest BCUT2D eigenvalue weighted by Gasteiger charge is 2.06. The summed E-state index contributed by atoms with van der Waals surface area (Å²) in [7, 11) is 3.22. The molecule has 0 fully saturated rings. The van der Waals surface area contributed by atoms with Crippen LogP contribution in [-0.4, -0.2) is 20.1 Å². The molecule has 0 bridgehead atoms. The van der Waals surface area contributed by atoms with Crippen molar-refractivity contribution in [2.75, 3.05) is 14.2 Å². The van der Waals surface area contributed by atoms with Gasteiger partial charge in [0, 0.05) is 13.0 Å². The first-order chi connectivity index (χ1) is 11.6. The Morgan fingerprint density at radius 2 is 1.71 bits per heavy atom. The molecule has 4 heteroatoms. The second-order valence-electron chi connectivity index (χ2n) is 5.96. The Labute approximate surface area is 147 Å². The normalized spacial score (nSPS) is 9.96. The maximum Gasteiger partial charge on any atom is 0.220 e. The van der Waals surface area contributed by atoms with Gasteiger partial charge in [0.2, 0.25) is 5.91 Å². The van der Waals surface area contributed by atoms with Crippen LogP contribution in [0.4, 0.5) is 0 Å². The van der Waals surface area contributed by atoms with Crippen molar-refractivity contribution in [3.05, 3.63) is 23.8 Å². The Morgan fingerprint density at radius 3 is 2.29 bits per heavy atom. The molecule has 138 valence electrons. The first kappa shape index (κ1) is 22.3. The lowest BCUT2D eigenvalue weighted by Gasteiger charge is -2.10. The van der Waals surface area contributed by atoms with Gasteiger partial charge in [0.1, 0.15) is 0 Å². The molecule has 1 aromatic rings. The lowest BCUT2D eigenvalue weighted by atomic mass is 10.0. The number of rotatable bonds is 10. The molecule has 0 atom stereocenters. The van der Waals surface area contributed by atoms with Crippen molar-refractivity contribution >= 4 is 5.91 Å². The number of carbonyl (C=O) groups is 1. The summed E-state index contributed by atoms with van der Waals surface area (Å²) in [6.45, 7) is 8.98. The van der Waals surface area contributed by atoms with Crippen LogP contribution in [-0.2, 0) is 11.3 Å². The predicted molar refractivity (Wildman–Crippen MR) is 101 cm³/mol. The van der Waals surface area contributed by atoms with E-state index in [4.69, 9.17) is 9.47 Å². The van der Waals surface area contributed by atoms with Crippen LogP contribution >= 0.6 is 0 Å². The van der Waals surface area contributed by atoms with E-state index in [0.717, 1.165) is 24.3 Å². The Bertz CT molecular complexity index is 458. The predicted octanol–water partition coefficient (Wildman–Crippen LogP) is 4.95. The van der Waals surface area contributed by atoms with Crippen LogP contribution in [0.3, 0.4) is 0 Å². The van der Waals surface area contributed by atoms with Crippen molar-refractivity contribution in [1.29, 1.82) is 0 Å². The third-order valence-electron chi connectivity index (χ3n) is 3.62. The molecule has 0 saturated carbocycles. The van der Waals surface area contributed by atoms with Crippen LogP contribution in [0.25, 0.3) is 0 Å². The molecule has 1 rings (SSSR count). The molecule has 1 aromatic carbocycles. The van der Waals surface area contributed by atoms with Crippen molar-refractivity contribution in [3.8, 4) is 11.5 Å². The minimum atomic E-state index is 0.110. The van der Waals surface area contributed by atoms with E-state index in [1.54, 1.807) is 14.2 Å². The average molecular weight is 338 g/mol. The maximum absolute atomic E-state index is 11.8. The molecule has 0 saturated heterocycles. The third kappa shape index (κ3) is 9.43. The van der Waals surface area contributed by atoms with Crippen LogP contribution in [0.1, 0.15) is 65.4 Å². The molecule has 24 heavy (non-hydrogen) atoms. The van der Waals surface area contributed by atoms with Crippen molar-refractivity contribution in [2.24, 2.45) is 5.92 Å². The zero-order valence-electron chi connectivity index (χ0n) is 16.3. The van der Waals surface area contributed by atoms with Gasteiger partial charge in [-0.05, 0) is 30.0 Å².